The lowest BCUT2D eigenvalue weighted by Crippen LogP contribution is -2.20. The highest BCUT2D eigenvalue weighted by Gasteiger charge is 2.26. The number of halogens is 2. The zero-order valence-electron chi connectivity index (χ0n) is 16.4. The molecular weight excluding hydrogens is 415 g/mol. The van der Waals surface area contributed by atoms with Gasteiger partial charge in [-0.15, -0.1) is 5.10 Å². The molecular formula is C23H18ClFN6. The van der Waals surface area contributed by atoms with Crippen molar-refractivity contribution < 1.29 is 4.39 Å². The number of benzene rings is 3. The van der Waals surface area contributed by atoms with Gasteiger partial charge in [-0.2, -0.15) is 0 Å². The number of anilines is 1. The molecule has 6 nitrogen and oxygen atoms in total. The van der Waals surface area contributed by atoms with Crippen LogP contribution in [0.5, 0.6) is 0 Å². The summed E-state index contributed by atoms with van der Waals surface area (Å²) in [5.41, 5.74) is 3.63. The maximum absolute atomic E-state index is 14.6. The Labute approximate surface area is 183 Å². The molecule has 3 aromatic carbocycles. The Morgan fingerprint density at radius 2 is 1.81 bits per heavy atom. The molecule has 1 aromatic heterocycles. The average Bonchev–Trinajstić information content (AvgIpc) is 3.15. The van der Waals surface area contributed by atoms with E-state index >= 15 is 0 Å². The number of aromatic nitrogens is 4. The van der Waals surface area contributed by atoms with Crippen LogP contribution in [0.4, 0.5) is 10.1 Å². The van der Waals surface area contributed by atoms with Crippen LogP contribution in [0.1, 0.15) is 28.6 Å². The van der Waals surface area contributed by atoms with Crippen molar-refractivity contribution in [2.24, 2.45) is 4.99 Å². The lowest BCUT2D eigenvalue weighted by atomic mass is 10.00. The van der Waals surface area contributed by atoms with Gasteiger partial charge in [0, 0.05) is 21.8 Å². The monoisotopic (exact) mass is 432 g/mol. The molecule has 1 aliphatic rings. The SMILES string of the molecule is Fc1ccccc1C1=NCC(c2nnnn2Cc2ccccc2)Nc2cc(Cl)ccc21. The minimum atomic E-state index is -0.325. The van der Waals surface area contributed by atoms with Crippen molar-refractivity contribution in [3.63, 3.8) is 0 Å². The summed E-state index contributed by atoms with van der Waals surface area (Å²) in [6.45, 7) is 0.874. The van der Waals surface area contributed by atoms with Gasteiger partial charge in [0.05, 0.1) is 18.8 Å². The number of fused-ring (bicyclic) bond motifs is 1. The Morgan fingerprint density at radius 1 is 1.00 bits per heavy atom. The number of rotatable bonds is 4. The van der Waals surface area contributed by atoms with E-state index in [1.54, 1.807) is 28.9 Å². The second-order valence-electron chi connectivity index (χ2n) is 7.24. The third kappa shape index (κ3) is 3.92. The van der Waals surface area contributed by atoms with Crippen LogP contribution in [-0.2, 0) is 6.54 Å². The third-order valence-electron chi connectivity index (χ3n) is 5.17. The molecule has 1 unspecified atom stereocenters. The lowest BCUT2D eigenvalue weighted by molar-refractivity contribution is 0.588. The first-order chi connectivity index (χ1) is 15.2. The molecule has 0 spiro atoms. The lowest BCUT2D eigenvalue weighted by Gasteiger charge is -2.17. The number of hydrogen-bond donors (Lipinski definition) is 1. The van der Waals surface area contributed by atoms with E-state index in [9.17, 15) is 4.39 Å². The van der Waals surface area contributed by atoms with E-state index in [2.05, 4.69) is 20.8 Å². The minimum Gasteiger partial charge on any atom is -0.373 e. The highest BCUT2D eigenvalue weighted by atomic mass is 35.5. The summed E-state index contributed by atoms with van der Waals surface area (Å²) in [5.74, 6) is 0.322. The Hall–Kier alpha value is -3.58. The molecule has 0 saturated carbocycles. The first-order valence-electron chi connectivity index (χ1n) is 9.85. The van der Waals surface area contributed by atoms with E-state index in [1.807, 2.05) is 42.5 Å². The highest BCUT2D eigenvalue weighted by molar-refractivity contribution is 6.31. The fraction of sp³-hybridized carbons (Fsp3) is 0.130. The quantitative estimate of drug-likeness (QED) is 0.515. The summed E-state index contributed by atoms with van der Waals surface area (Å²) in [4.78, 5) is 4.77. The van der Waals surface area contributed by atoms with Gasteiger partial charge in [0.15, 0.2) is 5.82 Å². The smallest absolute Gasteiger partial charge is 0.175 e. The number of nitrogens with one attached hydrogen (secondary N) is 1. The summed E-state index contributed by atoms with van der Waals surface area (Å²) in [7, 11) is 0. The van der Waals surface area contributed by atoms with Crippen molar-refractivity contribution in [2.45, 2.75) is 12.6 Å². The van der Waals surface area contributed by atoms with Crippen molar-refractivity contribution in [1.29, 1.82) is 0 Å². The van der Waals surface area contributed by atoms with Crippen LogP contribution in [0.25, 0.3) is 0 Å². The van der Waals surface area contributed by atoms with E-state index in [1.165, 1.54) is 6.07 Å². The second kappa shape index (κ2) is 8.28. The number of nitrogens with zero attached hydrogens (tertiary/aromatic N) is 5. The zero-order valence-corrected chi connectivity index (χ0v) is 17.2. The van der Waals surface area contributed by atoms with E-state index < -0.39 is 0 Å². The zero-order chi connectivity index (χ0) is 21.2. The van der Waals surface area contributed by atoms with E-state index in [0.717, 1.165) is 16.8 Å². The molecule has 0 saturated heterocycles. The second-order valence-corrected chi connectivity index (χ2v) is 7.67. The van der Waals surface area contributed by atoms with Gasteiger partial charge < -0.3 is 5.32 Å². The summed E-state index contributed by atoms with van der Waals surface area (Å²) in [5, 5.41) is 16.3. The minimum absolute atomic E-state index is 0.305. The molecule has 1 N–H and O–H groups in total. The predicted octanol–water partition coefficient (Wildman–Crippen LogP) is 4.52. The van der Waals surface area contributed by atoms with Crippen LogP contribution < -0.4 is 5.32 Å². The third-order valence-corrected chi connectivity index (χ3v) is 5.41. The van der Waals surface area contributed by atoms with Crippen molar-refractivity contribution in [1.82, 2.24) is 20.2 Å². The van der Waals surface area contributed by atoms with Crippen LogP contribution in [0.3, 0.4) is 0 Å². The Balaban J connectivity index is 1.55. The van der Waals surface area contributed by atoms with Gasteiger partial charge in [-0.3, -0.25) is 4.99 Å². The first kappa shape index (κ1) is 19.4. The summed E-state index contributed by atoms with van der Waals surface area (Å²) in [6, 6.07) is 21.7. The number of benzodiazepines with no additional fused rings is 1. The fourth-order valence-electron chi connectivity index (χ4n) is 3.70. The fourth-order valence-corrected chi connectivity index (χ4v) is 3.88. The van der Waals surface area contributed by atoms with Gasteiger partial charge in [-0.05, 0) is 46.3 Å². The summed E-state index contributed by atoms with van der Waals surface area (Å²) in [6.07, 6.45) is 0. The molecule has 0 radical (unpaired) electrons. The van der Waals surface area contributed by atoms with Crippen molar-refractivity contribution in [3.05, 3.63) is 106 Å². The Bertz CT molecular complexity index is 1250. The highest BCUT2D eigenvalue weighted by Crippen LogP contribution is 2.31. The van der Waals surface area contributed by atoms with Gasteiger partial charge in [-0.1, -0.05) is 54.1 Å². The standard InChI is InChI=1S/C23H18ClFN6/c24-16-10-11-18-20(12-16)27-21(13-26-22(18)17-8-4-5-9-19(17)25)23-28-29-30-31(23)14-15-6-2-1-3-7-15/h1-12,21,27H,13-14H2. The summed E-state index contributed by atoms with van der Waals surface area (Å²) >= 11 is 6.27. The molecule has 0 fully saturated rings. The van der Waals surface area contributed by atoms with E-state index in [0.29, 0.717) is 35.2 Å². The van der Waals surface area contributed by atoms with Crippen LogP contribution in [-0.4, -0.2) is 32.5 Å². The molecule has 154 valence electrons. The largest absolute Gasteiger partial charge is 0.373 e. The van der Waals surface area contributed by atoms with Gasteiger partial charge in [0.2, 0.25) is 0 Å². The van der Waals surface area contributed by atoms with Crippen LogP contribution in [0.15, 0.2) is 77.8 Å². The number of aliphatic imine (C=N–C) groups is 1. The van der Waals surface area contributed by atoms with Crippen LogP contribution in [0, 0.1) is 5.82 Å². The van der Waals surface area contributed by atoms with Gasteiger partial charge in [0.25, 0.3) is 0 Å². The maximum Gasteiger partial charge on any atom is 0.175 e. The normalized spacial score (nSPS) is 15.5. The van der Waals surface area contributed by atoms with E-state index in [-0.39, 0.29) is 11.9 Å². The molecule has 2 heterocycles. The van der Waals surface area contributed by atoms with Gasteiger partial charge in [0.1, 0.15) is 11.9 Å². The average molecular weight is 433 g/mol. The maximum atomic E-state index is 14.6. The van der Waals surface area contributed by atoms with Crippen molar-refractivity contribution in [2.75, 3.05) is 11.9 Å². The Morgan fingerprint density at radius 3 is 2.65 bits per heavy atom. The molecule has 31 heavy (non-hydrogen) atoms. The van der Waals surface area contributed by atoms with Gasteiger partial charge in [-0.25, -0.2) is 9.07 Å². The van der Waals surface area contributed by atoms with E-state index in [4.69, 9.17) is 16.6 Å². The molecule has 0 bridgehead atoms. The van der Waals surface area contributed by atoms with Crippen molar-refractivity contribution >= 4 is 23.0 Å². The van der Waals surface area contributed by atoms with Crippen molar-refractivity contribution in [3.8, 4) is 0 Å². The molecule has 8 heteroatoms. The summed E-state index contributed by atoms with van der Waals surface area (Å²) < 4.78 is 16.3. The van der Waals surface area contributed by atoms with Crippen LogP contribution >= 0.6 is 11.6 Å². The predicted molar refractivity (Wildman–Crippen MR) is 118 cm³/mol. The topological polar surface area (TPSA) is 68.0 Å². The first-order valence-corrected chi connectivity index (χ1v) is 10.2. The number of tetrazole rings is 1. The molecule has 1 aliphatic heterocycles. The molecule has 1 atom stereocenters. The Kier molecular flexibility index (Phi) is 5.18. The molecule has 0 amide bonds. The van der Waals surface area contributed by atoms with Crippen LogP contribution in [0.2, 0.25) is 5.02 Å². The molecule has 0 aliphatic carbocycles. The molecule has 5 rings (SSSR count). The van der Waals surface area contributed by atoms with Gasteiger partial charge >= 0.3 is 0 Å². The molecule has 4 aromatic rings. The number of hydrogen-bond acceptors (Lipinski definition) is 5.